The Kier molecular flexibility index (Phi) is 46.2. The van der Waals surface area contributed by atoms with Crippen LogP contribution in [0.25, 0.3) is 0 Å². The number of allylic oxidation sites excluding steroid dienone is 7. The first-order chi connectivity index (χ1) is 32.4. The highest BCUT2D eigenvalue weighted by Gasteiger charge is 2.27. The summed E-state index contributed by atoms with van der Waals surface area (Å²) in [4.78, 5) is 39.8. The zero-order valence-electron chi connectivity index (χ0n) is 44.6. The molecule has 0 rings (SSSR count). The summed E-state index contributed by atoms with van der Waals surface area (Å²) in [6.07, 6.45) is 56.4. The summed E-state index contributed by atoms with van der Waals surface area (Å²) in [5, 5.41) is 3.01. The third-order valence-corrected chi connectivity index (χ3v) is 13.3. The second kappa shape index (κ2) is 47.6. The summed E-state index contributed by atoms with van der Waals surface area (Å²) < 4.78 is 30.2. The van der Waals surface area contributed by atoms with Crippen LogP contribution in [-0.4, -0.2) is 69.4 Å². The Morgan fingerprint density at radius 3 is 1.42 bits per heavy atom. The van der Waals surface area contributed by atoms with E-state index in [0.29, 0.717) is 23.9 Å². The topological polar surface area (TPSA) is 114 Å². The molecule has 10 heteroatoms. The zero-order valence-corrected chi connectivity index (χ0v) is 45.5. The number of rotatable bonds is 50. The number of hydrogen-bond donors (Lipinski definition) is 1. The molecule has 9 nitrogen and oxygen atoms in total. The Bertz CT molecular complexity index is 1290. The predicted molar refractivity (Wildman–Crippen MR) is 284 cm³/mol. The molecule has 0 bridgehead atoms. The van der Waals surface area contributed by atoms with Crippen LogP contribution in [0, 0.1) is 0 Å². The number of esters is 1. The highest BCUT2D eigenvalue weighted by molar-refractivity contribution is 7.45. The van der Waals surface area contributed by atoms with Crippen molar-refractivity contribution in [2.45, 2.75) is 264 Å². The number of quaternary nitrogens is 1. The maximum atomic E-state index is 13.5. The second-order valence-corrected chi connectivity index (χ2v) is 21.5. The quantitative estimate of drug-likeness (QED) is 0.0161. The normalized spacial score (nSPS) is 14.2. The van der Waals surface area contributed by atoms with Crippen molar-refractivity contribution in [1.29, 1.82) is 0 Å². The Morgan fingerprint density at radius 2 is 0.955 bits per heavy atom. The van der Waals surface area contributed by atoms with E-state index in [1.54, 1.807) is 0 Å². The molecule has 0 heterocycles. The van der Waals surface area contributed by atoms with Gasteiger partial charge in [0.2, 0.25) is 5.91 Å². The van der Waals surface area contributed by atoms with Gasteiger partial charge in [0, 0.05) is 12.8 Å². The molecule has 0 aliphatic rings. The highest BCUT2D eigenvalue weighted by atomic mass is 31.2. The van der Waals surface area contributed by atoms with Crippen molar-refractivity contribution in [3.05, 3.63) is 48.6 Å². The number of likely N-dealkylation sites (N-methyl/N-ethyl adjacent to an activating group) is 1. The summed E-state index contributed by atoms with van der Waals surface area (Å²) in [6.45, 7) is 6.70. The number of hydrogen-bond acceptors (Lipinski definition) is 7. The molecular weight excluding hydrogens is 856 g/mol. The van der Waals surface area contributed by atoms with Crippen LogP contribution in [0.2, 0.25) is 0 Å². The first-order valence-electron chi connectivity index (χ1n) is 28.0. The minimum Gasteiger partial charge on any atom is -0.756 e. The van der Waals surface area contributed by atoms with Crippen LogP contribution in [0.4, 0.5) is 0 Å². The van der Waals surface area contributed by atoms with Gasteiger partial charge in [0.05, 0.1) is 33.8 Å². The van der Waals surface area contributed by atoms with Gasteiger partial charge in [-0.3, -0.25) is 14.2 Å². The van der Waals surface area contributed by atoms with Crippen LogP contribution < -0.4 is 10.2 Å². The van der Waals surface area contributed by atoms with E-state index in [0.717, 1.165) is 77.0 Å². The molecule has 0 aliphatic carbocycles. The van der Waals surface area contributed by atoms with Gasteiger partial charge in [-0.15, -0.1) is 0 Å². The number of unbranched alkanes of at least 4 members (excludes halogenated alkanes) is 30. The van der Waals surface area contributed by atoms with Crippen LogP contribution in [-0.2, 0) is 27.9 Å². The van der Waals surface area contributed by atoms with Crippen LogP contribution in [0.3, 0.4) is 0 Å². The van der Waals surface area contributed by atoms with Gasteiger partial charge < -0.3 is 28.5 Å². The van der Waals surface area contributed by atoms with Crippen molar-refractivity contribution in [1.82, 2.24) is 5.32 Å². The van der Waals surface area contributed by atoms with E-state index in [1.165, 1.54) is 135 Å². The Morgan fingerprint density at radius 1 is 0.537 bits per heavy atom. The molecule has 0 spiro atoms. The van der Waals surface area contributed by atoms with Crippen LogP contribution in [0.15, 0.2) is 48.6 Å². The molecule has 0 fully saturated rings. The summed E-state index contributed by atoms with van der Waals surface area (Å²) >= 11 is 0. The number of amides is 1. The third kappa shape index (κ3) is 48.8. The summed E-state index contributed by atoms with van der Waals surface area (Å²) in [6, 6.07) is -0.892. The monoisotopic (exact) mass is 963 g/mol. The molecule has 3 atom stereocenters. The summed E-state index contributed by atoms with van der Waals surface area (Å²) in [7, 11) is 1.18. The van der Waals surface area contributed by atoms with E-state index in [-0.39, 0.29) is 24.9 Å². The van der Waals surface area contributed by atoms with Gasteiger partial charge in [-0.2, -0.15) is 0 Å². The molecule has 0 aromatic carbocycles. The molecule has 392 valence electrons. The number of phosphoric acid groups is 1. The average Bonchev–Trinajstić information content (AvgIpc) is 3.28. The van der Waals surface area contributed by atoms with Gasteiger partial charge in [-0.05, 0) is 51.0 Å². The Labute approximate surface area is 414 Å². The SMILES string of the molecule is CC/C=C/C=C/C=C\CCCCCCCC(=O)OC(/C=C/CCCCCCCCCCCC)C(COP(=O)([O-])OCC[N+](C)(C)C)NC(=O)CCCCCCCCCCCCCCCCCC. The molecular formula is C57H107N2O7P. The average molecular weight is 963 g/mol. The smallest absolute Gasteiger partial charge is 0.306 e. The van der Waals surface area contributed by atoms with E-state index >= 15 is 0 Å². The number of ether oxygens (including phenoxy) is 1. The van der Waals surface area contributed by atoms with Crippen LogP contribution >= 0.6 is 7.82 Å². The number of phosphoric ester groups is 1. The standard InChI is InChI=1S/C57H107N2O7P/c1-7-10-13-16-19-22-25-28-29-30-32-34-37-40-43-46-49-56(60)58-54(53-65-67(62,63)64-52-51-59(4,5)6)55(48-45-42-39-36-33-27-24-21-18-15-12-9-3)66-57(61)50-47-44-41-38-35-31-26-23-20-17-14-11-8-2/h11,14,17,20,23,26,45,48,54-55H,7-10,12-13,15-16,18-19,21-22,24-25,27-44,46-47,49-53H2,1-6H3,(H-,58,60,62,63)/b14-11+,20-17+,26-23-,48-45+. The molecule has 1 amide bonds. The van der Waals surface area contributed by atoms with Crippen molar-refractivity contribution in [2.24, 2.45) is 0 Å². The lowest BCUT2D eigenvalue weighted by molar-refractivity contribution is -0.870. The van der Waals surface area contributed by atoms with Crippen molar-refractivity contribution in [2.75, 3.05) is 40.9 Å². The maximum Gasteiger partial charge on any atom is 0.306 e. The third-order valence-electron chi connectivity index (χ3n) is 12.3. The van der Waals surface area contributed by atoms with Gasteiger partial charge in [-0.25, -0.2) is 0 Å². The van der Waals surface area contributed by atoms with E-state index in [4.69, 9.17) is 13.8 Å². The first kappa shape index (κ1) is 65.0. The van der Waals surface area contributed by atoms with Gasteiger partial charge in [0.1, 0.15) is 19.3 Å². The highest BCUT2D eigenvalue weighted by Crippen LogP contribution is 2.38. The number of carbonyl (C=O) groups is 2. The Hall–Kier alpha value is -2.03. The van der Waals surface area contributed by atoms with Gasteiger partial charge in [0.25, 0.3) is 7.82 Å². The van der Waals surface area contributed by atoms with E-state index in [1.807, 2.05) is 33.3 Å². The Balaban J connectivity index is 5.37. The van der Waals surface area contributed by atoms with Crippen LogP contribution in [0.5, 0.6) is 0 Å². The van der Waals surface area contributed by atoms with Gasteiger partial charge in [-0.1, -0.05) is 237 Å². The molecule has 0 radical (unpaired) electrons. The van der Waals surface area contributed by atoms with Crippen molar-refractivity contribution < 1.29 is 37.3 Å². The molecule has 0 aliphatic heterocycles. The lowest BCUT2D eigenvalue weighted by Crippen LogP contribution is -2.47. The molecule has 0 aromatic heterocycles. The van der Waals surface area contributed by atoms with Gasteiger partial charge >= 0.3 is 5.97 Å². The second-order valence-electron chi connectivity index (χ2n) is 20.1. The fourth-order valence-corrected chi connectivity index (χ4v) is 8.72. The first-order valence-corrected chi connectivity index (χ1v) is 29.4. The number of nitrogens with zero attached hydrogens (tertiary/aromatic N) is 1. The number of carbonyl (C=O) groups excluding carboxylic acids is 2. The predicted octanol–water partition coefficient (Wildman–Crippen LogP) is 15.9. The largest absolute Gasteiger partial charge is 0.756 e. The van der Waals surface area contributed by atoms with Crippen LogP contribution in [0.1, 0.15) is 252 Å². The molecule has 67 heavy (non-hydrogen) atoms. The fraction of sp³-hybridized carbons (Fsp3) is 0.825. The molecule has 3 unspecified atom stereocenters. The van der Waals surface area contributed by atoms with E-state index in [9.17, 15) is 19.0 Å². The summed E-state index contributed by atoms with van der Waals surface area (Å²) in [5.41, 5.74) is 0. The van der Waals surface area contributed by atoms with Gasteiger partial charge in [0.15, 0.2) is 0 Å². The minimum absolute atomic E-state index is 0.0251. The lowest BCUT2D eigenvalue weighted by Gasteiger charge is -2.30. The van der Waals surface area contributed by atoms with E-state index in [2.05, 4.69) is 62.5 Å². The lowest BCUT2D eigenvalue weighted by atomic mass is 10.0. The minimum atomic E-state index is -4.69. The molecule has 0 saturated heterocycles. The molecule has 0 saturated carbocycles. The molecule has 1 N–H and O–H groups in total. The summed E-state index contributed by atoms with van der Waals surface area (Å²) in [5.74, 6) is -0.559. The zero-order chi connectivity index (χ0) is 49.4. The van der Waals surface area contributed by atoms with Crippen molar-refractivity contribution in [3.8, 4) is 0 Å². The maximum absolute atomic E-state index is 13.5. The van der Waals surface area contributed by atoms with Crippen molar-refractivity contribution >= 4 is 19.7 Å². The fourth-order valence-electron chi connectivity index (χ4n) is 7.99. The van der Waals surface area contributed by atoms with Crippen molar-refractivity contribution in [3.63, 3.8) is 0 Å². The molecule has 0 aromatic rings. The number of nitrogens with one attached hydrogen (secondary N) is 1. The van der Waals surface area contributed by atoms with E-state index < -0.39 is 26.6 Å².